The van der Waals surface area contributed by atoms with Gasteiger partial charge in [0.25, 0.3) is 0 Å². The Morgan fingerprint density at radius 2 is 2.00 bits per heavy atom. The van der Waals surface area contributed by atoms with Gasteiger partial charge in [0.2, 0.25) is 0 Å². The Bertz CT molecular complexity index is 413. The highest BCUT2D eigenvalue weighted by molar-refractivity contribution is 9.10. The first kappa shape index (κ1) is 10.9. The summed E-state index contributed by atoms with van der Waals surface area (Å²) in [4.78, 5) is 0. The van der Waals surface area contributed by atoms with Gasteiger partial charge in [0.05, 0.1) is 0 Å². The zero-order valence-electron chi connectivity index (χ0n) is 9.18. The Morgan fingerprint density at radius 3 is 2.67 bits per heavy atom. The van der Waals surface area contributed by atoms with Crippen molar-refractivity contribution in [1.29, 1.82) is 0 Å². The zero-order chi connectivity index (χ0) is 11.1. The first-order valence-corrected chi connectivity index (χ1v) is 6.04. The number of hydrogen-bond acceptors (Lipinski definition) is 1. The van der Waals surface area contributed by atoms with Crippen molar-refractivity contribution in [1.82, 2.24) is 0 Å². The molecule has 0 aromatic heterocycles. The zero-order valence-corrected chi connectivity index (χ0v) is 10.8. The van der Waals surface area contributed by atoms with E-state index in [0.717, 1.165) is 17.3 Å². The number of aryl methyl sites for hydroxylation is 1. The molecule has 1 nitrogen and oxygen atoms in total. The Morgan fingerprint density at radius 1 is 1.27 bits per heavy atom. The molecule has 0 heterocycles. The molecule has 0 atom stereocenters. The van der Waals surface area contributed by atoms with Crippen molar-refractivity contribution < 1.29 is 0 Å². The average molecular weight is 266 g/mol. The second-order valence-corrected chi connectivity index (χ2v) is 5.65. The lowest BCUT2D eigenvalue weighted by Gasteiger charge is -2.27. The summed E-state index contributed by atoms with van der Waals surface area (Å²) in [6.45, 7) is 4.14. The van der Waals surface area contributed by atoms with Gasteiger partial charge in [-0.2, -0.15) is 0 Å². The molecule has 0 spiro atoms. The monoisotopic (exact) mass is 265 g/mol. The normalized spacial score (nSPS) is 15.9. The van der Waals surface area contributed by atoms with Gasteiger partial charge in [-0.3, -0.25) is 0 Å². The topological polar surface area (TPSA) is 26.0 Å². The van der Waals surface area contributed by atoms with Crippen molar-refractivity contribution in [3.8, 4) is 0 Å². The molecule has 15 heavy (non-hydrogen) atoms. The van der Waals surface area contributed by atoms with Crippen LogP contribution < -0.4 is 5.73 Å². The Labute approximate surface area is 99.5 Å². The van der Waals surface area contributed by atoms with Gasteiger partial charge in [-0.05, 0) is 49.9 Å². The number of fused-ring (bicyclic) bond motifs is 1. The molecule has 0 fully saturated rings. The summed E-state index contributed by atoms with van der Waals surface area (Å²) in [7, 11) is 0. The van der Waals surface area contributed by atoms with Crippen LogP contribution in [0.1, 0.15) is 31.4 Å². The molecule has 1 aliphatic carbocycles. The number of benzene rings is 1. The number of hydrogen-bond donors (Lipinski definition) is 1. The summed E-state index contributed by atoms with van der Waals surface area (Å²) in [5.74, 6) is 0. The summed E-state index contributed by atoms with van der Waals surface area (Å²) in [5.41, 5.74) is 10.0. The molecule has 0 saturated heterocycles. The fourth-order valence-electron chi connectivity index (χ4n) is 1.97. The Kier molecular flexibility index (Phi) is 2.73. The summed E-state index contributed by atoms with van der Waals surface area (Å²) in [5, 5.41) is 0. The van der Waals surface area contributed by atoms with Crippen LogP contribution in [0.3, 0.4) is 0 Å². The minimum absolute atomic E-state index is 0.190. The fourth-order valence-corrected chi connectivity index (χ4v) is 2.38. The maximum absolute atomic E-state index is 6.12. The highest BCUT2D eigenvalue weighted by atomic mass is 79.9. The van der Waals surface area contributed by atoms with Crippen LogP contribution in [0.4, 0.5) is 0 Å². The standard InChI is InChI=1S/C13H16BrN/c1-13(2,15)11-5-3-10-8-12(14)6-4-9(10)7-11/h4,6-8H,3,5,15H2,1-2H3. The minimum Gasteiger partial charge on any atom is -0.322 e. The molecule has 2 rings (SSSR count). The predicted molar refractivity (Wildman–Crippen MR) is 68.7 cm³/mol. The maximum Gasteiger partial charge on any atom is 0.0314 e. The van der Waals surface area contributed by atoms with Crippen LogP contribution in [-0.2, 0) is 6.42 Å². The number of rotatable bonds is 1. The lowest BCUT2D eigenvalue weighted by atomic mass is 9.83. The quantitative estimate of drug-likeness (QED) is 0.827. The third-order valence-corrected chi connectivity index (χ3v) is 3.42. The summed E-state index contributed by atoms with van der Waals surface area (Å²) < 4.78 is 1.16. The van der Waals surface area contributed by atoms with Crippen molar-refractivity contribution in [3.05, 3.63) is 39.4 Å². The molecule has 0 saturated carbocycles. The molecule has 0 radical (unpaired) electrons. The first-order valence-electron chi connectivity index (χ1n) is 5.25. The van der Waals surface area contributed by atoms with Gasteiger partial charge in [0, 0.05) is 10.0 Å². The third kappa shape index (κ3) is 2.32. The van der Waals surface area contributed by atoms with E-state index in [2.05, 4.69) is 54.1 Å². The van der Waals surface area contributed by atoms with E-state index >= 15 is 0 Å². The highest BCUT2D eigenvalue weighted by Gasteiger charge is 2.21. The number of nitrogens with two attached hydrogens (primary N) is 1. The van der Waals surface area contributed by atoms with E-state index in [9.17, 15) is 0 Å². The molecule has 1 aliphatic rings. The number of halogens is 1. The molecule has 0 bridgehead atoms. The Hall–Kier alpha value is -0.600. The molecule has 1 aromatic carbocycles. The minimum atomic E-state index is -0.190. The van der Waals surface area contributed by atoms with Gasteiger partial charge in [-0.25, -0.2) is 0 Å². The van der Waals surface area contributed by atoms with Crippen LogP contribution >= 0.6 is 15.9 Å². The predicted octanol–water partition coefficient (Wildman–Crippen LogP) is 3.52. The van der Waals surface area contributed by atoms with E-state index in [1.54, 1.807) is 0 Å². The van der Waals surface area contributed by atoms with E-state index in [-0.39, 0.29) is 5.54 Å². The van der Waals surface area contributed by atoms with Gasteiger partial charge >= 0.3 is 0 Å². The van der Waals surface area contributed by atoms with Crippen molar-refractivity contribution in [2.45, 2.75) is 32.2 Å². The van der Waals surface area contributed by atoms with Gasteiger partial charge in [-0.15, -0.1) is 0 Å². The van der Waals surface area contributed by atoms with Gasteiger partial charge in [0.1, 0.15) is 0 Å². The van der Waals surface area contributed by atoms with Crippen molar-refractivity contribution in [3.63, 3.8) is 0 Å². The molecule has 2 heteroatoms. The van der Waals surface area contributed by atoms with Crippen LogP contribution in [0.15, 0.2) is 28.2 Å². The molecule has 0 unspecified atom stereocenters. The largest absolute Gasteiger partial charge is 0.322 e. The highest BCUT2D eigenvalue weighted by Crippen LogP contribution is 2.30. The van der Waals surface area contributed by atoms with Crippen molar-refractivity contribution >= 4 is 22.0 Å². The molecule has 0 aliphatic heterocycles. The Balaban J connectivity index is 2.42. The maximum atomic E-state index is 6.12. The average Bonchev–Trinajstić information content (AvgIpc) is 2.15. The van der Waals surface area contributed by atoms with Gasteiger partial charge in [0.15, 0.2) is 0 Å². The fraction of sp³-hybridized carbons (Fsp3) is 0.385. The molecular weight excluding hydrogens is 250 g/mol. The summed E-state index contributed by atoms with van der Waals surface area (Å²) in [6, 6.07) is 6.44. The van der Waals surface area contributed by atoms with Crippen LogP contribution in [0.25, 0.3) is 6.08 Å². The second-order valence-electron chi connectivity index (χ2n) is 4.73. The SMILES string of the molecule is CC(C)(N)C1=Cc2ccc(Br)cc2CC1. The summed E-state index contributed by atoms with van der Waals surface area (Å²) in [6.07, 6.45) is 4.42. The second kappa shape index (κ2) is 3.76. The van der Waals surface area contributed by atoms with Crippen LogP contribution in [0.2, 0.25) is 0 Å². The van der Waals surface area contributed by atoms with Gasteiger partial charge in [-0.1, -0.05) is 33.6 Å². The molecule has 80 valence electrons. The van der Waals surface area contributed by atoms with E-state index < -0.39 is 0 Å². The molecular formula is C13H16BrN. The van der Waals surface area contributed by atoms with Gasteiger partial charge < -0.3 is 5.73 Å². The lowest BCUT2D eigenvalue weighted by Crippen LogP contribution is -2.35. The van der Waals surface area contributed by atoms with E-state index in [4.69, 9.17) is 5.73 Å². The molecule has 2 N–H and O–H groups in total. The van der Waals surface area contributed by atoms with Crippen LogP contribution in [0.5, 0.6) is 0 Å². The van der Waals surface area contributed by atoms with E-state index in [0.29, 0.717) is 0 Å². The van der Waals surface area contributed by atoms with Crippen molar-refractivity contribution in [2.75, 3.05) is 0 Å². The lowest BCUT2D eigenvalue weighted by molar-refractivity contribution is 0.583. The first-order chi connectivity index (χ1) is 6.97. The third-order valence-electron chi connectivity index (χ3n) is 2.93. The van der Waals surface area contributed by atoms with Crippen molar-refractivity contribution in [2.24, 2.45) is 5.73 Å². The summed E-state index contributed by atoms with van der Waals surface area (Å²) >= 11 is 3.50. The van der Waals surface area contributed by atoms with Crippen LogP contribution in [-0.4, -0.2) is 5.54 Å². The van der Waals surface area contributed by atoms with E-state index in [1.165, 1.54) is 16.7 Å². The van der Waals surface area contributed by atoms with E-state index in [1.807, 2.05) is 0 Å². The molecule has 1 aromatic rings. The smallest absolute Gasteiger partial charge is 0.0314 e. The molecule has 0 amide bonds. The van der Waals surface area contributed by atoms with Crippen LogP contribution in [0, 0.1) is 0 Å².